The molecule has 0 aliphatic rings. The number of nitrogens with zero attached hydrogens (tertiary/aromatic N) is 2. The number of halogens is 2. The van der Waals surface area contributed by atoms with E-state index in [0.29, 0.717) is 30.1 Å². The van der Waals surface area contributed by atoms with Crippen LogP contribution < -0.4 is 10.6 Å². The first-order chi connectivity index (χ1) is 11.1. The van der Waals surface area contributed by atoms with Gasteiger partial charge in [0.2, 0.25) is 0 Å². The molecular weight excluding hydrogens is 306 g/mol. The Hall–Kier alpha value is -2.61. The van der Waals surface area contributed by atoms with Gasteiger partial charge in [-0.05, 0) is 24.1 Å². The maximum absolute atomic E-state index is 13.1. The van der Waals surface area contributed by atoms with Gasteiger partial charge in [-0.3, -0.25) is 5.32 Å². The van der Waals surface area contributed by atoms with Crippen molar-refractivity contribution in [2.75, 3.05) is 19.0 Å². The highest BCUT2D eigenvalue weighted by Crippen LogP contribution is 2.09. The van der Waals surface area contributed by atoms with E-state index in [-0.39, 0.29) is 6.54 Å². The Kier molecular flexibility index (Phi) is 5.93. The molecule has 1 aromatic carbocycles. The third kappa shape index (κ3) is 5.26. The Morgan fingerprint density at radius 2 is 2.04 bits per heavy atom. The Morgan fingerprint density at radius 1 is 1.22 bits per heavy atom. The summed E-state index contributed by atoms with van der Waals surface area (Å²) >= 11 is 0. The fourth-order valence-corrected chi connectivity index (χ4v) is 1.87. The second kappa shape index (κ2) is 8.14. The average Bonchev–Trinajstić information content (AvgIpc) is 2.51. The van der Waals surface area contributed by atoms with Crippen LogP contribution in [0.5, 0.6) is 0 Å². The van der Waals surface area contributed by atoms with E-state index in [1.54, 1.807) is 13.2 Å². The molecule has 0 aliphatic heterocycles. The number of urea groups is 1. The lowest BCUT2D eigenvalue weighted by Crippen LogP contribution is -2.30. The van der Waals surface area contributed by atoms with E-state index in [1.165, 1.54) is 12.4 Å². The van der Waals surface area contributed by atoms with E-state index in [4.69, 9.17) is 4.74 Å². The van der Waals surface area contributed by atoms with Crippen molar-refractivity contribution in [3.05, 3.63) is 53.5 Å². The molecule has 0 saturated carbocycles. The lowest BCUT2D eigenvalue weighted by Gasteiger charge is -2.08. The zero-order chi connectivity index (χ0) is 16.7. The molecule has 6 nitrogen and oxygen atoms in total. The molecule has 23 heavy (non-hydrogen) atoms. The summed E-state index contributed by atoms with van der Waals surface area (Å²) in [6, 6.07) is 4.78. The molecule has 0 unspecified atom stereocenters. The van der Waals surface area contributed by atoms with Crippen molar-refractivity contribution in [1.82, 2.24) is 15.3 Å². The van der Waals surface area contributed by atoms with Crippen LogP contribution in [0.15, 0.2) is 30.6 Å². The SMILES string of the molecule is COCc1cc(NC(=O)NCCc2ccc(F)c(F)c2)ncn1. The van der Waals surface area contributed by atoms with Gasteiger partial charge >= 0.3 is 6.03 Å². The summed E-state index contributed by atoms with van der Waals surface area (Å²) in [6.45, 7) is 0.585. The van der Waals surface area contributed by atoms with Crippen LogP contribution in [0, 0.1) is 11.6 Å². The second-order valence-electron chi connectivity index (χ2n) is 4.71. The van der Waals surface area contributed by atoms with Crippen LogP contribution in [-0.4, -0.2) is 29.7 Å². The molecule has 122 valence electrons. The van der Waals surface area contributed by atoms with Gasteiger partial charge in [0, 0.05) is 19.7 Å². The summed E-state index contributed by atoms with van der Waals surface area (Å²) in [7, 11) is 1.54. The summed E-state index contributed by atoms with van der Waals surface area (Å²) < 4.78 is 30.8. The van der Waals surface area contributed by atoms with Crippen molar-refractivity contribution in [2.24, 2.45) is 0 Å². The number of carbonyl (C=O) groups is 1. The van der Waals surface area contributed by atoms with Gasteiger partial charge in [-0.25, -0.2) is 23.5 Å². The van der Waals surface area contributed by atoms with Gasteiger partial charge in [0.05, 0.1) is 12.3 Å². The summed E-state index contributed by atoms with van der Waals surface area (Å²) in [5.41, 5.74) is 1.23. The number of carbonyl (C=O) groups excluding carboxylic acids is 1. The number of hydrogen-bond acceptors (Lipinski definition) is 4. The second-order valence-corrected chi connectivity index (χ2v) is 4.71. The molecule has 0 spiro atoms. The molecule has 2 amide bonds. The zero-order valence-corrected chi connectivity index (χ0v) is 12.5. The molecule has 1 heterocycles. The standard InChI is InChI=1S/C15H16F2N4O2/c1-23-8-11-7-14(20-9-19-11)21-15(22)18-5-4-10-2-3-12(16)13(17)6-10/h2-3,6-7,9H,4-5,8H2,1H3,(H2,18,19,20,21,22). The molecule has 0 bridgehead atoms. The van der Waals surface area contributed by atoms with E-state index in [9.17, 15) is 13.6 Å². The Balaban J connectivity index is 1.80. The number of rotatable bonds is 6. The number of benzene rings is 1. The van der Waals surface area contributed by atoms with Crippen molar-refractivity contribution in [2.45, 2.75) is 13.0 Å². The van der Waals surface area contributed by atoms with E-state index < -0.39 is 17.7 Å². The van der Waals surface area contributed by atoms with Crippen LogP contribution in [0.25, 0.3) is 0 Å². The molecule has 0 radical (unpaired) electrons. The first-order valence-corrected chi connectivity index (χ1v) is 6.87. The number of ether oxygens (including phenoxy) is 1. The minimum atomic E-state index is -0.904. The van der Waals surface area contributed by atoms with E-state index in [2.05, 4.69) is 20.6 Å². The summed E-state index contributed by atoms with van der Waals surface area (Å²) in [6.07, 6.45) is 1.70. The smallest absolute Gasteiger partial charge is 0.320 e. The van der Waals surface area contributed by atoms with Gasteiger partial charge in [0.15, 0.2) is 11.6 Å². The topological polar surface area (TPSA) is 76.1 Å². The van der Waals surface area contributed by atoms with Gasteiger partial charge in [0.25, 0.3) is 0 Å². The van der Waals surface area contributed by atoms with Crippen molar-refractivity contribution in [3.8, 4) is 0 Å². The molecule has 0 atom stereocenters. The van der Waals surface area contributed by atoms with Gasteiger partial charge < -0.3 is 10.1 Å². The third-order valence-electron chi connectivity index (χ3n) is 2.94. The number of hydrogen-bond donors (Lipinski definition) is 2. The van der Waals surface area contributed by atoms with Crippen LogP contribution in [-0.2, 0) is 17.8 Å². The van der Waals surface area contributed by atoms with E-state index in [1.807, 2.05) is 0 Å². The molecule has 1 aromatic heterocycles. The highest BCUT2D eigenvalue weighted by atomic mass is 19.2. The van der Waals surface area contributed by atoms with Gasteiger partial charge in [0.1, 0.15) is 12.1 Å². The van der Waals surface area contributed by atoms with Crippen LogP contribution in [0.3, 0.4) is 0 Å². The minimum Gasteiger partial charge on any atom is -0.378 e. The van der Waals surface area contributed by atoms with Gasteiger partial charge in [-0.2, -0.15) is 0 Å². The lowest BCUT2D eigenvalue weighted by atomic mass is 10.1. The molecule has 2 aromatic rings. The molecule has 0 fully saturated rings. The highest BCUT2D eigenvalue weighted by molar-refractivity contribution is 5.88. The van der Waals surface area contributed by atoms with E-state index in [0.717, 1.165) is 12.1 Å². The number of amides is 2. The Bertz CT molecular complexity index is 682. The van der Waals surface area contributed by atoms with Gasteiger partial charge in [-0.1, -0.05) is 6.07 Å². The minimum absolute atomic E-state index is 0.271. The maximum Gasteiger partial charge on any atom is 0.320 e. The monoisotopic (exact) mass is 322 g/mol. The summed E-state index contributed by atoms with van der Waals surface area (Å²) in [5.74, 6) is -1.45. The predicted octanol–water partition coefficient (Wildman–Crippen LogP) is 2.27. The number of nitrogens with one attached hydrogen (secondary N) is 2. The number of aromatic nitrogens is 2. The lowest BCUT2D eigenvalue weighted by molar-refractivity contribution is 0.181. The maximum atomic E-state index is 13.1. The van der Waals surface area contributed by atoms with Crippen LogP contribution in [0.2, 0.25) is 0 Å². The van der Waals surface area contributed by atoms with Crippen LogP contribution in [0.1, 0.15) is 11.3 Å². The normalized spacial score (nSPS) is 10.4. The Labute approximate surface area is 131 Å². The molecular formula is C15H16F2N4O2. The number of anilines is 1. The molecule has 2 rings (SSSR count). The van der Waals surface area contributed by atoms with Crippen molar-refractivity contribution in [3.63, 3.8) is 0 Å². The largest absolute Gasteiger partial charge is 0.378 e. The molecule has 2 N–H and O–H groups in total. The molecule has 8 heteroatoms. The van der Waals surface area contributed by atoms with E-state index >= 15 is 0 Å². The first kappa shape index (κ1) is 16.8. The Morgan fingerprint density at radius 3 is 2.78 bits per heavy atom. The fourth-order valence-electron chi connectivity index (χ4n) is 1.87. The number of methoxy groups -OCH3 is 1. The average molecular weight is 322 g/mol. The van der Waals surface area contributed by atoms with Crippen LogP contribution >= 0.6 is 0 Å². The van der Waals surface area contributed by atoms with Crippen molar-refractivity contribution in [1.29, 1.82) is 0 Å². The van der Waals surface area contributed by atoms with Gasteiger partial charge in [-0.15, -0.1) is 0 Å². The van der Waals surface area contributed by atoms with Crippen molar-refractivity contribution < 1.29 is 18.3 Å². The quantitative estimate of drug-likeness (QED) is 0.855. The molecule has 0 aliphatic carbocycles. The van der Waals surface area contributed by atoms with Crippen LogP contribution in [0.4, 0.5) is 19.4 Å². The summed E-state index contributed by atoms with van der Waals surface area (Å²) in [4.78, 5) is 19.6. The fraction of sp³-hybridized carbons (Fsp3) is 0.267. The zero-order valence-electron chi connectivity index (χ0n) is 12.5. The molecule has 0 saturated heterocycles. The highest BCUT2D eigenvalue weighted by Gasteiger charge is 2.06. The first-order valence-electron chi connectivity index (χ1n) is 6.87. The van der Waals surface area contributed by atoms with Crippen molar-refractivity contribution >= 4 is 11.8 Å². The predicted molar refractivity (Wildman–Crippen MR) is 79.8 cm³/mol. The third-order valence-corrected chi connectivity index (χ3v) is 2.94. The summed E-state index contributed by atoms with van der Waals surface area (Å²) in [5, 5.41) is 5.16.